The van der Waals surface area contributed by atoms with E-state index >= 15 is 0 Å². The van der Waals surface area contributed by atoms with Crippen molar-refractivity contribution in [2.24, 2.45) is 11.8 Å². The summed E-state index contributed by atoms with van der Waals surface area (Å²) in [6.45, 7) is 0. The Labute approximate surface area is 187 Å². The Balaban J connectivity index is 1.64. The molecule has 0 N–H and O–H groups in total. The molecule has 2 amide bonds. The molecule has 5 heteroatoms. The van der Waals surface area contributed by atoms with Crippen molar-refractivity contribution < 1.29 is 14.4 Å². The quantitative estimate of drug-likeness (QED) is 0.300. The van der Waals surface area contributed by atoms with Crippen molar-refractivity contribution in [1.29, 1.82) is 0 Å². The third-order valence-electron chi connectivity index (χ3n) is 6.95. The van der Waals surface area contributed by atoms with Gasteiger partial charge >= 0.3 is 0 Å². The van der Waals surface area contributed by atoms with E-state index in [1.807, 2.05) is 60.7 Å². The number of anilines is 1. The van der Waals surface area contributed by atoms with Gasteiger partial charge in [-0.05, 0) is 69.1 Å². The van der Waals surface area contributed by atoms with Gasteiger partial charge in [-0.2, -0.15) is 0 Å². The molecule has 4 nitrogen and oxygen atoms in total. The van der Waals surface area contributed by atoms with E-state index in [-0.39, 0.29) is 17.7 Å². The lowest BCUT2D eigenvalue weighted by molar-refractivity contribution is -0.128. The first-order valence-corrected chi connectivity index (χ1v) is 11.0. The number of hydrogen-bond donors (Lipinski definition) is 0. The summed E-state index contributed by atoms with van der Waals surface area (Å²) in [5, 5.41) is 0. The molecule has 3 aromatic carbocycles. The molecule has 1 aliphatic heterocycles. The summed E-state index contributed by atoms with van der Waals surface area (Å²) >= 11 is 2.19. The highest BCUT2D eigenvalue weighted by atomic mass is 127. The summed E-state index contributed by atoms with van der Waals surface area (Å²) in [5.74, 6) is -2.03. The van der Waals surface area contributed by atoms with Crippen LogP contribution in [0.3, 0.4) is 0 Å². The van der Waals surface area contributed by atoms with E-state index in [1.54, 1.807) is 12.1 Å². The van der Waals surface area contributed by atoms with Gasteiger partial charge in [-0.1, -0.05) is 48.5 Å². The maximum atomic E-state index is 13.8. The fourth-order valence-corrected chi connectivity index (χ4v) is 6.23. The summed E-state index contributed by atoms with van der Waals surface area (Å²) < 4.78 is 1.03. The van der Waals surface area contributed by atoms with Crippen LogP contribution in [0.2, 0.25) is 0 Å². The van der Waals surface area contributed by atoms with Crippen LogP contribution >= 0.6 is 22.6 Å². The fraction of sp³-hybridized carbons (Fsp3) is 0.160. The number of imide groups is 1. The van der Waals surface area contributed by atoms with Gasteiger partial charge in [-0.15, -0.1) is 0 Å². The van der Waals surface area contributed by atoms with Crippen LogP contribution in [0, 0.1) is 15.4 Å². The van der Waals surface area contributed by atoms with Gasteiger partial charge in [0.1, 0.15) is 6.29 Å². The van der Waals surface area contributed by atoms with Crippen LogP contribution in [0.4, 0.5) is 5.69 Å². The Morgan fingerprint density at radius 1 is 0.800 bits per heavy atom. The van der Waals surface area contributed by atoms with E-state index in [4.69, 9.17) is 0 Å². The molecule has 2 bridgehead atoms. The van der Waals surface area contributed by atoms with Gasteiger partial charge in [0.2, 0.25) is 11.8 Å². The third-order valence-corrected chi connectivity index (χ3v) is 7.67. The molecule has 3 aliphatic carbocycles. The van der Waals surface area contributed by atoms with Crippen LogP contribution in [-0.2, 0) is 19.8 Å². The second-order valence-corrected chi connectivity index (χ2v) is 9.38. The smallest absolute Gasteiger partial charge is 0.239 e. The van der Waals surface area contributed by atoms with Crippen molar-refractivity contribution in [2.75, 3.05) is 4.90 Å². The van der Waals surface area contributed by atoms with Gasteiger partial charge in [-0.25, -0.2) is 4.90 Å². The minimum atomic E-state index is -1.14. The molecule has 7 rings (SSSR count). The molecule has 146 valence electrons. The van der Waals surface area contributed by atoms with E-state index in [0.29, 0.717) is 5.69 Å². The van der Waals surface area contributed by atoms with E-state index in [9.17, 15) is 14.4 Å². The number of halogens is 1. The van der Waals surface area contributed by atoms with Crippen molar-refractivity contribution in [2.45, 2.75) is 11.3 Å². The number of carbonyl (C=O) groups excluding carboxylic acids is 3. The minimum absolute atomic E-state index is 0.216. The second kappa shape index (κ2) is 6.11. The summed E-state index contributed by atoms with van der Waals surface area (Å²) in [7, 11) is 0. The standard InChI is InChI=1S/C25H16INO3/c26-14-9-11-15(12-10-14)27-23(29)21-20-16-5-1-3-7-18(16)25(13-28,22(21)24(27)30)19-8-4-2-6-17(19)20/h1-13,20-22H/t20?,21-,22+,25?/m0/s1. The van der Waals surface area contributed by atoms with E-state index < -0.39 is 17.3 Å². The van der Waals surface area contributed by atoms with Crippen LogP contribution in [0.1, 0.15) is 28.2 Å². The third kappa shape index (κ3) is 1.99. The molecule has 0 unspecified atom stereocenters. The maximum absolute atomic E-state index is 13.8. The van der Waals surface area contributed by atoms with Crippen LogP contribution in [0.25, 0.3) is 0 Å². The molecule has 0 aromatic heterocycles. The molecule has 1 fully saturated rings. The molecule has 4 aliphatic rings. The van der Waals surface area contributed by atoms with Gasteiger partial charge in [0.15, 0.2) is 0 Å². The summed E-state index contributed by atoms with van der Waals surface area (Å²) in [5.41, 5.74) is 3.10. The number of aldehydes is 1. The minimum Gasteiger partial charge on any atom is -0.302 e. The van der Waals surface area contributed by atoms with E-state index in [0.717, 1.165) is 32.1 Å². The van der Waals surface area contributed by atoms with Crippen LogP contribution < -0.4 is 4.90 Å². The lowest BCUT2D eigenvalue weighted by atomic mass is 9.48. The topological polar surface area (TPSA) is 54.5 Å². The van der Waals surface area contributed by atoms with E-state index in [2.05, 4.69) is 22.6 Å². The molecule has 3 aromatic rings. The van der Waals surface area contributed by atoms with Crippen LogP contribution in [-0.4, -0.2) is 18.1 Å². The van der Waals surface area contributed by atoms with E-state index in [1.165, 1.54) is 4.90 Å². The Morgan fingerprint density at radius 2 is 1.37 bits per heavy atom. The van der Waals surface area contributed by atoms with Crippen molar-refractivity contribution in [3.8, 4) is 0 Å². The molecule has 0 spiro atoms. The summed E-state index contributed by atoms with van der Waals surface area (Å²) in [6.07, 6.45) is 0.903. The zero-order valence-electron chi connectivity index (χ0n) is 15.8. The first-order chi connectivity index (χ1) is 14.6. The first-order valence-electron chi connectivity index (χ1n) is 9.88. The number of amides is 2. The number of benzene rings is 3. The molecular formula is C25H16INO3. The van der Waals surface area contributed by atoms with Crippen molar-refractivity contribution in [1.82, 2.24) is 0 Å². The van der Waals surface area contributed by atoms with Gasteiger partial charge in [-0.3, -0.25) is 9.59 Å². The predicted molar refractivity (Wildman–Crippen MR) is 120 cm³/mol. The summed E-state index contributed by atoms with van der Waals surface area (Å²) in [6, 6.07) is 22.9. The lowest BCUT2D eigenvalue weighted by Crippen LogP contribution is -2.54. The lowest BCUT2D eigenvalue weighted by Gasteiger charge is -2.51. The average molecular weight is 505 g/mol. The molecule has 30 heavy (non-hydrogen) atoms. The largest absolute Gasteiger partial charge is 0.302 e. The molecular weight excluding hydrogens is 489 g/mol. The molecule has 0 radical (unpaired) electrons. The number of rotatable bonds is 2. The van der Waals surface area contributed by atoms with Gasteiger partial charge in [0.25, 0.3) is 0 Å². The summed E-state index contributed by atoms with van der Waals surface area (Å²) in [4.78, 5) is 41.6. The highest BCUT2D eigenvalue weighted by molar-refractivity contribution is 14.1. The molecule has 0 saturated carbocycles. The monoisotopic (exact) mass is 505 g/mol. The highest BCUT2D eigenvalue weighted by Crippen LogP contribution is 2.63. The zero-order valence-corrected chi connectivity index (χ0v) is 17.9. The van der Waals surface area contributed by atoms with Crippen LogP contribution in [0.5, 0.6) is 0 Å². The van der Waals surface area contributed by atoms with Gasteiger partial charge in [0, 0.05) is 9.49 Å². The molecule has 1 saturated heterocycles. The normalized spacial score (nSPS) is 28.2. The second-order valence-electron chi connectivity index (χ2n) is 8.13. The first kappa shape index (κ1) is 18.0. The Bertz CT molecular complexity index is 1200. The van der Waals surface area contributed by atoms with Crippen molar-refractivity contribution in [3.05, 3.63) is 98.6 Å². The number of carbonyl (C=O) groups is 3. The Morgan fingerprint density at radius 3 is 1.93 bits per heavy atom. The predicted octanol–water partition coefficient (Wildman–Crippen LogP) is 4.04. The van der Waals surface area contributed by atoms with Gasteiger partial charge < -0.3 is 4.79 Å². The van der Waals surface area contributed by atoms with Crippen molar-refractivity contribution >= 4 is 46.4 Å². The van der Waals surface area contributed by atoms with Gasteiger partial charge in [0.05, 0.1) is 22.9 Å². The van der Waals surface area contributed by atoms with Crippen molar-refractivity contribution in [3.63, 3.8) is 0 Å². The highest BCUT2D eigenvalue weighted by Gasteiger charge is 2.68. The molecule has 1 heterocycles. The maximum Gasteiger partial charge on any atom is 0.239 e. The number of hydrogen-bond acceptors (Lipinski definition) is 3. The molecule has 2 atom stereocenters. The Kier molecular flexibility index (Phi) is 3.67. The number of nitrogens with zero attached hydrogens (tertiary/aromatic N) is 1. The zero-order chi connectivity index (χ0) is 20.6. The average Bonchev–Trinajstić information content (AvgIpc) is 3.05. The fourth-order valence-electron chi connectivity index (χ4n) is 5.88. The Hall–Kier alpha value is -2.80. The SMILES string of the molecule is O=CC12c3ccccc3C(c3ccccc31)[C@@H]1C(=O)N(c3ccc(I)cc3)C(=O)[C@@H]12. The van der Waals surface area contributed by atoms with Crippen LogP contribution in [0.15, 0.2) is 72.8 Å².